The molecule has 12 heavy (non-hydrogen) atoms. The van der Waals surface area contributed by atoms with E-state index in [9.17, 15) is 0 Å². The van der Waals surface area contributed by atoms with E-state index in [0.29, 0.717) is 0 Å². The highest BCUT2D eigenvalue weighted by Gasteiger charge is 1.61. The predicted molar refractivity (Wildman–Crippen MR) is 46.7 cm³/mol. The fourth-order valence-electron chi connectivity index (χ4n) is 0. The lowest BCUT2D eigenvalue weighted by molar-refractivity contribution is 0.255. The van der Waals surface area contributed by atoms with Crippen molar-refractivity contribution in [3.63, 3.8) is 0 Å². The number of rotatable bonds is 0. The molecule has 8 N–H and O–H groups in total. The number of urea groups is 2. The Balaban J connectivity index is -0.000000101. The van der Waals surface area contributed by atoms with Gasteiger partial charge in [-0.05, 0) is 13.8 Å². The second-order valence-corrected chi connectivity index (χ2v) is 1.30. The summed E-state index contributed by atoms with van der Waals surface area (Å²) in [6.45, 7) is 3.64. The van der Waals surface area contributed by atoms with E-state index in [1.807, 2.05) is 13.8 Å². The Bertz CT molecular complexity index is 154. The maximum absolute atomic E-state index is 9.00. The number of primary amides is 4. The maximum Gasteiger partial charge on any atom is 0.309 e. The third-order valence-corrected chi connectivity index (χ3v) is 0.250. The molecule has 6 heteroatoms. The molecule has 0 saturated carbocycles. The second-order valence-electron chi connectivity index (χ2n) is 1.30. The van der Waals surface area contributed by atoms with Gasteiger partial charge in [0.2, 0.25) is 0 Å². The Morgan fingerprint density at radius 2 is 0.917 bits per heavy atom. The van der Waals surface area contributed by atoms with E-state index in [-0.39, 0.29) is 0 Å². The van der Waals surface area contributed by atoms with E-state index < -0.39 is 12.1 Å². The Morgan fingerprint density at radius 3 is 0.917 bits per heavy atom. The van der Waals surface area contributed by atoms with Crippen molar-refractivity contribution < 1.29 is 9.59 Å². The first-order valence-corrected chi connectivity index (χ1v) is 2.81. The van der Waals surface area contributed by atoms with Crippen molar-refractivity contribution in [2.45, 2.75) is 13.8 Å². The fraction of sp³-hybridized carbons (Fsp3) is 0.333. The number of carbonyl (C=O) groups excluding carboxylic acids is 2. The number of nitrogens with two attached hydrogens (primary N) is 4. The van der Waals surface area contributed by atoms with Gasteiger partial charge in [0.05, 0.1) is 0 Å². The molecule has 0 aliphatic carbocycles. The molecule has 0 unspecified atom stereocenters. The molecule has 0 aromatic carbocycles. The number of hydrogen-bond acceptors (Lipinski definition) is 2. The normalized spacial score (nSPS) is 5.17. The molecule has 0 aromatic heterocycles. The standard InChI is InChI=1S/C4H6.2CH4N2O/c1-3-4-2;2*2-1(3)4/h1-2H3;2*(H4,2,3,4). The summed E-state index contributed by atoms with van der Waals surface area (Å²) < 4.78 is 0. The fourth-order valence-corrected chi connectivity index (χ4v) is 0. The monoisotopic (exact) mass is 174 g/mol. The number of hydrogen-bond donors (Lipinski definition) is 4. The van der Waals surface area contributed by atoms with Gasteiger partial charge in [-0.15, -0.1) is 11.8 Å². The van der Waals surface area contributed by atoms with Gasteiger partial charge in [-0.3, -0.25) is 0 Å². The van der Waals surface area contributed by atoms with Crippen molar-refractivity contribution in [2.75, 3.05) is 0 Å². The van der Waals surface area contributed by atoms with Crippen LogP contribution in [0.4, 0.5) is 9.59 Å². The van der Waals surface area contributed by atoms with Crippen molar-refractivity contribution in [2.24, 2.45) is 22.9 Å². The molecule has 0 heterocycles. The third-order valence-electron chi connectivity index (χ3n) is 0.250. The van der Waals surface area contributed by atoms with Crippen molar-refractivity contribution in [3.05, 3.63) is 0 Å². The van der Waals surface area contributed by atoms with Crippen molar-refractivity contribution in [1.82, 2.24) is 0 Å². The summed E-state index contributed by atoms with van der Waals surface area (Å²) in [7, 11) is 0. The minimum atomic E-state index is -0.833. The van der Waals surface area contributed by atoms with Crippen LogP contribution in [-0.2, 0) is 0 Å². The summed E-state index contributed by atoms with van der Waals surface area (Å²) in [4.78, 5) is 18.0. The van der Waals surface area contributed by atoms with Crippen LogP contribution >= 0.6 is 0 Å². The zero-order chi connectivity index (χ0) is 10.6. The van der Waals surface area contributed by atoms with Gasteiger partial charge >= 0.3 is 12.1 Å². The first-order chi connectivity index (χ1) is 5.38. The predicted octanol–water partition coefficient (Wildman–Crippen LogP) is -0.923. The average Bonchev–Trinajstić information content (AvgIpc) is 1.85. The molecule has 0 atom stereocenters. The molecule has 0 radical (unpaired) electrons. The first kappa shape index (κ1) is 16.6. The lowest BCUT2D eigenvalue weighted by atomic mass is 10.7. The third kappa shape index (κ3) is 504. The van der Waals surface area contributed by atoms with Crippen molar-refractivity contribution >= 4 is 12.1 Å². The molecule has 0 aliphatic heterocycles. The lowest BCUT2D eigenvalue weighted by Crippen LogP contribution is -2.18. The van der Waals surface area contributed by atoms with E-state index in [0.717, 1.165) is 0 Å². The van der Waals surface area contributed by atoms with Gasteiger partial charge in [0, 0.05) is 0 Å². The number of carbonyl (C=O) groups is 2. The van der Waals surface area contributed by atoms with Crippen molar-refractivity contribution in [3.8, 4) is 11.8 Å². The Morgan fingerprint density at radius 1 is 0.833 bits per heavy atom. The Hall–Kier alpha value is -1.90. The molecule has 0 spiro atoms. The van der Waals surface area contributed by atoms with Crippen LogP contribution in [0.1, 0.15) is 13.8 Å². The number of amides is 4. The molecule has 70 valence electrons. The van der Waals surface area contributed by atoms with Gasteiger partial charge in [0.1, 0.15) is 0 Å². The van der Waals surface area contributed by atoms with Gasteiger partial charge in [-0.25, -0.2) is 9.59 Å². The summed E-state index contributed by atoms with van der Waals surface area (Å²) in [5.41, 5.74) is 17.0. The van der Waals surface area contributed by atoms with Crippen LogP contribution < -0.4 is 22.9 Å². The Labute approximate surface area is 71.3 Å². The average molecular weight is 174 g/mol. The van der Waals surface area contributed by atoms with Crippen LogP contribution in [-0.4, -0.2) is 12.1 Å². The van der Waals surface area contributed by atoms with Crippen molar-refractivity contribution in [1.29, 1.82) is 0 Å². The molecule has 6 nitrogen and oxygen atoms in total. The largest absolute Gasteiger partial charge is 0.352 e. The summed E-state index contributed by atoms with van der Waals surface area (Å²) in [6.07, 6.45) is 0. The molecular formula is C6H14N4O2. The van der Waals surface area contributed by atoms with E-state index >= 15 is 0 Å². The lowest BCUT2D eigenvalue weighted by Gasteiger charge is -1.62. The summed E-state index contributed by atoms with van der Waals surface area (Å²) in [6, 6.07) is -1.67. The van der Waals surface area contributed by atoms with Crippen LogP contribution in [0.3, 0.4) is 0 Å². The van der Waals surface area contributed by atoms with Gasteiger partial charge < -0.3 is 22.9 Å². The van der Waals surface area contributed by atoms with Crippen LogP contribution in [0.25, 0.3) is 0 Å². The van der Waals surface area contributed by atoms with Gasteiger partial charge in [-0.1, -0.05) is 0 Å². The molecule has 4 amide bonds. The highest BCUT2D eigenvalue weighted by atomic mass is 16.2. The van der Waals surface area contributed by atoms with Crippen LogP contribution in [0, 0.1) is 11.8 Å². The molecule has 0 fully saturated rings. The second kappa shape index (κ2) is 16.0. The molecular weight excluding hydrogens is 160 g/mol. The zero-order valence-corrected chi connectivity index (χ0v) is 7.13. The SMILES string of the molecule is CC#CC.NC(N)=O.NC(N)=O. The van der Waals surface area contributed by atoms with Crippen LogP contribution in [0.5, 0.6) is 0 Å². The topological polar surface area (TPSA) is 138 Å². The van der Waals surface area contributed by atoms with E-state index in [1.54, 1.807) is 0 Å². The van der Waals surface area contributed by atoms with E-state index in [1.165, 1.54) is 0 Å². The quantitative estimate of drug-likeness (QED) is 0.353. The van der Waals surface area contributed by atoms with Gasteiger partial charge in [-0.2, -0.15) is 0 Å². The molecule has 0 saturated heterocycles. The molecule has 0 rings (SSSR count). The first-order valence-electron chi connectivity index (χ1n) is 2.81. The minimum Gasteiger partial charge on any atom is -0.352 e. The van der Waals surface area contributed by atoms with Gasteiger partial charge in [0.15, 0.2) is 0 Å². The molecule has 0 aliphatic rings. The molecule has 0 bridgehead atoms. The molecule has 0 aromatic rings. The van der Waals surface area contributed by atoms with Crippen LogP contribution in [0.2, 0.25) is 0 Å². The Kier molecular flexibility index (Phi) is 22.2. The maximum atomic E-state index is 9.00. The summed E-state index contributed by atoms with van der Waals surface area (Å²) in [5, 5.41) is 0. The zero-order valence-electron chi connectivity index (χ0n) is 7.13. The minimum absolute atomic E-state index is 0.833. The van der Waals surface area contributed by atoms with Gasteiger partial charge in [0.25, 0.3) is 0 Å². The van der Waals surface area contributed by atoms with E-state index in [2.05, 4.69) is 34.8 Å². The summed E-state index contributed by atoms with van der Waals surface area (Å²) >= 11 is 0. The highest BCUT2D eigenvalue weighted by molar-refractivity contribution is 5.69. The highest BCUT2D eigenvalue weighted by Crippen LogP contribution is 1.39. The smallest absolute Gasteiger partial charge is 0.309 e. The summed E-state index contributed by atoms with van der Waals surface area (Å²) in [5.74, 6) is 5.36. The van der Waals surface area contributed by atoms with E-state index in [4.69, 9.17) is 9.59 Å². The van der Waals surface area contributed by atoms with Crippen LogP contribution in [0.15, 0.2) is 0 Å².